The lowest BCUT2D eigenvalue weighted by Crippen LogP contribution is -2.08. The topological polar surface area (TPSA) is 61.3 Å². The Morgan fingerprint density at radius 2 is 2.36 bits per heavy atom. The van der Waals surface area contributed by atoms with Crippen molar-refractivity contribution in [3.05, 3.63) is 17.8 Å². The van der Waals surface area contributed by atoms with Gasteiger partial charge >= 0.3 is 5.97 Å². The summed E-state index contributed by atoms with van der Waals surface area (Å²) in [5.41, 5.74) is 0.302. The van der Waals surface area contributed by atoms with Crippen LogP contribution in [0.3, 0.4) is 0 Å². The zero-order valence-corrected chi connectivity index (χ0v) is 8.19. The van der Waals surface area contributed by atoms with Crippen molar-refractivity contribution in [1.29, 1.82) is 0 Å². The molecule has 5 nitrogen and oxygen atoms in total. The first-order chi connectivity index (χ1) is 6.79. The molecule has 0 unspecified atom stereocenters. The monoisotopic (exact) mass is 196 g/mol. The first-order valence-corrected chi connectivity index (χ1v) is 4.32. The lowest BCUT2D eigenvalue weighted by molar-refractivity contribution is 0.0594. The minimum absolute atomic E-state index is 0.223. The van der Waals surface area contributed by atoms with Gasteiger partial charge in [0.05, 0.1) is 19.9 Å². The molecule has 1 aromatic rings. The molecule has 76 valence electrons. The number of rotatable bonds is 4. The van der Waals surface area contributed by atoms with Crippen molar-refractivity contribution in [1.82, 2.24) is 10.2 Å². The van der Waals surface area contributed by atoms with Crippen LogP contribution in [0, 0.1) is 0 Å². The molecular weight excluding hydrogens is 184 g/mol. The van der Waals surface area contributed by atoms with Crippen molar-refractivity contribution in [2.45, 2.75) is 13.3 Å². The van der Waals surface area contributed by atoms with Crippen LogP contribution in [0.1, 0.15) is 23.7 Å². The minimum atomic E-state index is -0.467. The summed E-state index contributed by atoms with van der Waals surface area (Å²) >= 11 is 0. The number of ether oxygens (including phenoxy) is 2. The number of hydrogen-bond donors (Lipinski definition) is 0. The van der Waals surface area contributed by atoms with Gasteiger partial charge in [-0.1, -0.05) is 6.92 Å². The van der Waals surface area contributed by atoms with E-state index in [1.807, 2.05) is 6.92 Å². The molecule has 0 atom stereocenters. The zero-order valence-electron chi connectivity index (χ0n) is 8.19. The van der Waals surface area contributed by atoms with Crippen molar-refractivity contribution >= 4 is 5.97 Å². The fraction of sp³-hybridized carbons (Fsp3) is 0.444. The van der Waals surface area contributed by atoms with E-state index in [0.29, 0.717) is 12.2 Å². The van der Waals surface area contributed by atoms with Crippen LogP contribution in [0.4, 0.5) is 0 Å². The van der Waals surface area contributed by atoms with Gasteiger partial charge in [-0.15, -0.1) is 5.10 Å². The van der Waals surface area contributed by atoms with Crippen LogP contribution >= 0.6 is 0 Å². The molecule has 0 aromatic carbocycles. The summed E-state index contributed by atoms with van der Waals surface area (Å²) in [6.45, 7) is 2.47. The highest BCUT2D eigenvalue weighted by atomic mass is 16.5. The molecule has 0 fully saturated rings. The third-order valence-corrected chi connectivity index (χ3v) is 1.54. The van der Waals surface area contributed by atoms with Gasteiger partial charge in [0.25, 0.3) is 0 Å². The molecule has 0 spiro atoms. The van der Waals surface area contributed by atoms with Gasteiger partial charge in [-0.05, 0) is 12.5 Å². The molecule has 0 aliphatic heterocycles. The average Bonchev–Trinajstić information content (AvgIpc) is 2.25. The lowest BCUT2D eigenvalue weighted by Gasteiger charge is -2.06. The van der Waals surface area contributed by atoms with Crippen molar-refractivity contribution in [3.8, 4) is 5.88 Å². The first-order valence-electron chi connectivity index (χ1n) is 4.32. The highest BCUT2D eigenvalue weighted by molar-refractivity contribution is 5.91. The van der Waals surface area contributed by atoms with Gasteiger partial charge in [0.2, 0.25) is 5.88 Å². The Morgan fingerprint density at radius 3 is 3.00 bits per heavy atom. The first kappa shape index (κ1) is 10.4. The van der Waals surface area contributed by atoms with Gasteiger partial charge in [-0.2, -0.15) is 5.10 Å². The molecule has 0 aliphatic carbocycles. The fourth-order valence-corrected chi connectivity index (χ4v) is 0.889. The Hall–Kier alpha value is -1.65. The Balaban J connectivity index is 2.85. The molecule has 0 radical (unpaired) electrons. The highest BCUT2D eigenvalue weighted by Gasteiger charge is 2.13. The van der Waals surface area contributed by atoms with Crippen LogP contribution in [0.25, 0.3) is 0 Å². The Morgan fingerprint density at radius 1 is 1.57 bits per heavy atom. The normalized spacial score (nSPS) is 9.57. The molecule has 0 aliphatic rings. The molecule has 1 heterocycles. The summed E-state index contributed by atoms with van der Waals surface area (Å²) in [6, 6.07) is 1.52. The van der Waals surface area contributed by atoms with Crippen molar-refractivity contribution in [2.24, 2.45) is 0 Å². The van der Waals surface area contributed by atoms with Crippen LogP contribution in [0.5, 0.6) is 5.88 Å². The number of methoxy groups -OCH3 is 1. The van der Waals surface area contributed by atoms with Gasteiger partial charge in [-0.25, -0.2) is 4.79 Å². The van der Waals surface area contributed by atoms with Crippen LogP contribution < -0.4 is 4.74 Å². The van der Waals surface area contributed by atoms with Crippen molar-refractivity contribution in [2.75, 3.05) is 13.7 Å². The standard InChI is InChI=1S/C9H12N2O3/c1-3-6-14-8-7(9(12)13-2)4-5-10-11-8/h4-5H,3,6H2,1-2H3. The number of esters is 1. The average molecular weight is 196 g/mol. The summed E-state index contributed by atoms with van der Waals surface area (Å²) < 4.78 is 9.80. The summed E-state index contributed by atoms with van der Waals surface area (Å²) in [7, 11) is 1.31. The summed E-state index contributed by atoms with van der Waals surface area (Å²) in [5.74, 6) is -0.243. The van der Waals surface area contributed by atoms with Gasteiger partial charge in [0.15, 0.2) is 0 Å². The molecule has 0 saturated carbocycles. The maximum Gasteiger partial charge on any atom is 0.343 e. The molecule has 5 heteroatoms. The zero-order chi connectivity index (χ0) is 10.4. The van der Waals surface area contributed by atoms with Crippen LogP contribution in [-0.4, -0.2) is 29.9 Å². The number of aromatic nitrogens is 2. The maximum absolute atomic E-state index is 11.2. The van der Waals surface area contributed by atoms with Gasteiger partial charge in [0, 0.05) is 0 Å². The third kappa shape index (κ3) is 2.42. The summed E-state index contributed by atoms with van der Waals surface area (Å²) in [6.07, 6.45) is 2.27. The van der Waals surface area contributed by atoms with Crippen LogP contribution in [0.15, 0.2) is 12.3 Å². The fourth-order valence-electron chi connectivity index (χ4n) is 0.889. The quantitative estimate of drug-likeness (QED) is 0.673. The second-order valence-corrected chi connectivity index (χ2v) is 2.59. The molecule has 1 aromatic heterocycles. The Bertz CT molecular complexity index is 315. The molecule has 14 heavy (non-hydrogen) atoms. The Labute approximate surface area is 82.1 Å². The smallest absolute Gasteiger partial charge is 0.343 e. The second kappa shape index (κ2) is 5.16. The predicted octanol–water partition coefficient (Wildman–Crippen LogP) is 1.05. The summed E-state index contributed by atoms with van der Waals surface area (Å²) in [4.78, 5) is 11.2. The predicted molar refractivity (Wildman–Crippen MR) is 49.2 cm³/mol. The number of carbonyl (C=O) groups excluding carboxylic acids is 1. The molecule has 1 rings (SSSR count). The lowest BCUT2D eigenvalue weighted by atomic mass is 10.3. The van der Waals surface area contributed by atoms with E-state index in [9.17, 15) is 4.79 Å². The highest BCUT2D eigenvalue weighted by Crippen LogP contribution is 2.13. The van der Waals surface area contributed by atoms with Crippen LogP contribution in [-0.2, 0) is 4.74 Å². The third-order valence-electron chi connectivity index (χ3n) is 1.54. The van der Waals surface area contributed by atoms with Gasteiger partial charge in [0.1, 0.15) is 5.56 Å². The molecule has 0 amide bonds. The van der Waals surface area contributed by atoms with E-state index >= 15 is 0 Å². The van der Waals surface area contributed by atoms with E-state index in [-0.39, 0.29) is 5.88 Å². The van der Waals surface area contributed by atoms with E-state index in [4.69, 9.17) is 4.74 Å². The SMILES string of the molecule is CCCOc1nnccc1C(=O)OC. The van der Waals surface area contributed by atoms with Crippen molar-refractivity contribution in [3.63, 3.8) is 0 Å². The molecule has 0 saturated heterocycles. The van der Waals surface area contributed by atoms with Crippen LogP contribution in [0.2, 0.25) is 0 Å². The van der Waals surface area contributed by atoms with E-state index in [1.165, 1.54) is 19.4 Å². The van der Waals surface area contributed by atoms with E-state index in [1.54, 1.807) is 0 Å². The van der Waals surface area contributed by atoms with E-state index < -0.39 is 5.97 Å². The number of hydrogen-bond acceptors (Lipinski definition) is 5. The number of carbonyl (C=O) groups is 1. The van der Waals surface area contributed by atoms with Gasteiger partial charge < -0.3 is 9.47 Å². The Kier molecular flexibility index (Phi) is 3.84. The largest absolute Gasteiger partial charge is 0.476 e. The summed E-state index contributed by atoms with van der Waals surface area (Å²) in [5, 5.41) is 7.34. The molecule has 0 N–H and O–H groups in total. The van der Waals surface area contributed by atoms with E-state index in [2.05, 4.69) is 14.9 Å². The second-order valence-electron chi connectivity index (χ2n) is 2.59. The maximum atomic E-state index is 11.2. The van der Waals surface area contributed by atoms with Gasteiger partial charge in [-0.3, -0.25) is 0 Å². The molecule has 0 bridgehead atoms. The molecular formula is C9H12N2O3. The minimum Gasteiger partial charge on any atom is -0.476 e. The van der Waals surface area contributed by atoms with E-state index in [0.717, 1.165) is 6.42 Å². The van der Waals surface area contributed by atoms with Crippen molar-refractivity contribution < 1.29 is 14.3 Å². The number of nitrogens with zero attached hydrogens (tertiary/aromatic N) is 2.